The molecule has 0 aliphatic carbocycles. The zero-order valence-corrected chi connectivity index (χ0v) is 14.2. The van der Waals surface area contributed by atoms with Gasteiger partial charge in [0.2, 0.25) is 11.9 Å². The Kier molecular flexibility index (Phi) is 3.95. The molecule has 3 heterocycles. The molecule has 1 aromatic rings. The highest BCUT2D eigenvalue weighted by Crippen LogP contribution is 2.28. The van der Waals surface area contributed by atoms with Crippen molar-refractivity contribution >= 4 is 23.7 Å². The van der Waals surface area contributed by atoms with Gasteiger partial charge in [0, 0.05) is 14.1 Å². The van der Waals surface area contributed by atoms with E-state index in [4.69, 9.17) is 0 Å². The van der Waals surface area contributed by atoms with Crippen LogP contribution >= 0.6 is 0 Å². The zero-order valence-electron chi connectivity index (χ0n) is 14.2. The van der Waals surface area contributed by atoms with E-state index in [1.54, 1.807) is 7.05 Å². The van der Waals surface area contributed by atoms with Gasteiger partial charge in [-0.3, -0.25) is 14.6 Å². The number of unbranched alkanes of at least 4 members (excludes halogenated alkanes) is 3. The summed E-state index contributed by atoms with van der Waals surface area (Å²) in [5.74, 6) is 1.07. The molecule has 1 unspecified atom stereocenters. The van der Waals surface area contributed by atoms with Gasteiger partial charge in [-0.15, -0.1) is 0 Å². The third kappa shape index (κ3) is 2.34. The first kappa shape index (κ1) is 15.7. The summed E-state index contributed by atoms with van der Waals surface area (Å²) in [5.41, 5.74) is 1.09. The third-order valence-corrected chi connectivity index (χ3v) is 4.68. The maximum Gasteiger partial charge on any atom is 0.401 e. The van der Waals surface area contributed by atoms with E-state index in [9.17, 15) is 9.59 Å². The van der Waals surface area contributed by atoms with Crippen LogP contribution in [0.2, 0.25) is 0 Å². The fourth-order valence-corrected chi connectivity index (χ4v) is 3.28. The summed E-state index contributed by atoms with van der Waals surface area (Å²) in [6, 6.07) is -0.852. The van der Waals surface area contributed by atoms with Gasteiger partial charge in [0.1, 0.15) is 11.9 Å². The van der Waals surface area contributed by atoms with Crippen LogP contribution in [0.25, 0.3) is 0 Å². The number of amides is 3. The number of likely N-dealkylation sites (N-methyl/N-ethyl adjacent to an activating group) is 2. The van der Waals surface area contributed by atoms with Gasteiger partial charge in [-0.25, -0.2) is 13.9 Å². The van der Waals surface area contributed by atoms with Crippen LogP contribution in [0.4, 0.5) is 10.7 Å². The first-order valence-electron chi connectivity index (χ1n) is 8.22. The number of rotatable bonds is 5. The number of aliphatic imine (C=N–C) groups is 1. The second-order valence-corrected chi connectivity index (χ2v) is 6.30. The fraction of sp³-hybridized carbons (Fsp3) is 0.625. The maximum absolute atomic E-state index is 12.5. The predicted molar refractivity (Wildman–Crippen MR) is 85.6 cm³/mol. The topological polar surface area (TPSA) is 61.8 Å². The van der Waals surface area contributed by atoms with Crippen molar-refractivity contribution in [2.45, 2.75) is 52.1 Å². The van der Waals surface area contributed by atoms with E-state index in [0.29, 0.717) is 5.84 Å². The van der Waals surface area contributed by atoms with Crippen molar-refractivity contribution < 1.29 is 14.2 Å². The van der Waals surface area contributed by atoms with E-state index < -0.39 is 6.04 Å². The number of carbonyl (C=O) groups excluding carboxylic acids is 2. The van der Waals surface area contributed by atoms with Gasteiger partial charge in [-0.1, -0.05) is 31.2 Å². The summed E-state index contributed by atoms with van der Waals surface area (Å²) < 4.78 is 4.04. The van der Waals surface area contributed by atoms with E-state index in [2.05, 4.69) is 16.5 Å². The minimum absolute atomic E-state index is 0.223. The number of amidine groups is 1. The first-order valence-corrected chi connectivity index (χ1v) is 8.22. The lowest BCUT2D eigenvalue weighted by Gasteiger charge is -2.30. The summed E-state index contributed by atoms with van der Waals surface area (Å²) >= 11 is 0. The molecular weight excluding hydrogens is 294 g/mol. The van der Waals surface area contributed by atoms with E-state index >= 15 is 0 Å². The summed E-state index contributed by atoms with van der Waals surface area (Å²) in [5, 5.41) is 0. The highest BCUT2D eigenvalue weighted by molar-refractivity contribution is 6.18. The number of hydrogen-bond acceptors (Lipinski definition) is 3. The lowest BCUT2D eigenvalue weighted by molar-refractivity contribution is -0.677. The molecular formula is C16H24N5O2+. The van der Waals surface area contributed by atoms with Crippen LogP contribution in [0.3, 0.4) is 0 Å². The monoisotopic (exact) mass is 318 g/mol. The Bertz CT molecular complexity index is 691. The van der Waals surface area contributed by atoms with Crippen LogP contribution in [-0.4, -0.2) is 46.2 Å². The lowest BCUT2D eigenvalue weighted by Crippen LogP contribution is -2.61. The summed E-state index contributed by atoms with van der Waals surface area (Å²) in [7, 11) is 3.19. The van der Waals surface area contributed by atoms with Crippen molar-refractivity contribution in [2.24, 2.45) is 4.99 Å². The molecule has 23 heavy (non-hydrogen) atoms. The Morgan fingerprint density at radius 2 is 1.91 bits per heavy atom. The number of urea groups is 1. The molecule has 0 spiro atoms. The molecule has 124 valence electrons. The zero-order chi connectivity index (χ0) is 16.7. The Morgan fingerprint density at radius 1 is 1.17 bits per heavy atom. The van der Waals surface area contributed by atoms with Gasteiger partial charge in [-0.05, 0) is 13.3 Å². The van der Waals surface area contributed by atoms with Crippen molar-refractivity contribution in [1.82, 2.24) is 14.4 Å². The summed E-state index contributed by atoms with van der Waals surface area (Å²) in [6.07, 6.45) is 6.68. The number of hydrogen-bond donors (Lipinski definition) is 0. The van der Waals surface area contributed by atoms with E-state index in [1.165, 1.54) is 36.1 Å². The molecule has 1 fully saturated rings. The van der Waals surface area contributed by atoms with Crippen LogP contribution in [-0.2, 0) is 11.3 Å². The summed E-state index contributed by atoms with van der Waals surface area (Å²) in [4.78, 5) is 31.8. The van der Waals surface area contributed by atoms with Crippen molar-refractivity contribution in [2.75, 3.05) is 14.1 Å². The number of aromatic nitrogens is 2. The molecule has 1 saturated heterocycles. The highest BCUT2D eigenvalue weighted by atomic mass is 16.2. The minimum atomic E-state index is -0.520. The van der Waals surface area contributed by atoms with Crippen LogP contribution in [0.15, 0.2) is 11.2 Å². The highest BCUT2D eigenvalue weighted by Gasteiger charge is 2.51. The van der Waals surface area contributed by atoms with E-state index in [0.717, 1.165) is 24.6 Å². The average molecular weight is 318 g/mol. The van der Waals surface area contributed by atoms with Gasteiger partial charge >= 0.3 is 12.0 Å². The predicted octanol–water partition coefficient (Wildman–Crippen LogP) is 1.77. The molecule has 0 saturated carbocycles. The normalized spacial score (nSPS) is 20.0. The molecule has 7 heteroatoms. The minimum Gasteiger partial charge on any atom is -0.270 e. The standard InChI is InChI=1S/C16H24N5O2/c1-5-6-7-8-9-20-11(2)10-21-12-13(17-15(20)21)18(3)16(23)19(4)14(12)22/h10,12H,5-9H2,1-4H3/q+1. The molecule has 0 bridgehead atoms. The average Bonchev–Trinajstić information content (AvgIpc) is 3.03. The molecule has 0 N–H and O–H groups in total. The van der Waals surface area contributed by atoms with E-state index in [-0.39, 0.29) is 11.9 Å². The molecule has 2 aliphatic heterocycles. The number of imide groups is 1. The third-order valence-electron chi connectivity index (χ3n) is 4.68. The SMILES string of the molecule is CCCCCCn1c(C)c[n+]2c1N=C1C2C(=O)N(C)C(=O)N1C. The van der Waals surface area contributed by atoms with Crippen molar-refractivity contribution in [3.05, 3.63) is 11.9 Å². The molecule has 0 aromatic carbocycles. The quantitative estimate of drug-likeness (QED) is 0.613. The number of aryl methyl sites for hydroxylation is 1. The molecule has 3 rings (SSSR count). The molecule has 1 atom stereocenters. The number of fused-ring (bicyclic) bond motifs is 3. The Hall–Kier alpha value is -2.18. The van der Waals surface area contributed by atoms with E-state index in [1.807, 2.05) is 17.7 Å². The maximum atomic E-state index is 12.5. The smallest absolute Gasteiger partial charge is 0.270 e. The summed E-state index contributed by atoms with van der Waals surface area (Å²) in [6.45, 7) is 5.12. The van der Waals surface area contributed by atoms with Gasteiger partial charge in [0.05, 0.1) is 6.54 Å². The molecule has 3 amide bonds. The number of imidazole rings is 1. The van der Waals surface area contributed by atoms with Crippen molar-refractivity contribution in [1.29, 1.82) is 0 Å². The first-order chi connectivity index (χ1) is 11.0. The Labute approximate surface area is 136 Å². The van der Waals surface area contributed by atoms with Gasteiger partial charge in [0.25, 0.3) is 5.91 Å². The molecule has 0 radical (unpaired) electrons. The van der Waals surface area contributed by atoms with Gasteiger partial charge < -0.3 is 0 Å². The molecule has 7 nitrogen and oxygen atoms in total. The second kappa shape index (κ2) is 5.79. The number of carbonyl (C=O) groups is 2. The molecule has 2 aliphatic rings. The van der Waals surface area contributed by atoms with Crippen LogP contribution < -0.4 is 4.57 Å². The second-order valence-electron chi connectivity index (χ2n) is 6.30. The number of nitrogens with zero attached hydrogens (tertiary/aromatic N) is 5. The van der Waals surface area contributed by atoms with Crippen molar-refractivity contribution in [3.8, 4) is 0 Å². The largest absolute Gasteiger partial charge is 0.401 e. The Balaban J connectivity index is 1.92. The van der Waals surface area contributed by atoms with Gasteiger partial charge in [0.15, 0.2) is 0 Å². The van der Waals surface area contributed by atoms with Crippen LogP contribution in [0.1, 0.15) is 44.3 Å². The fourth-order valence-electron chi connectivity index (χ4n) is 3.28. The molecule has 1 aromatic heterocycles. The van der Waals surface area contributed by atoms with Gasteiger partial charge in [-0.2, -0.15) is 0 Å². The lowest BCUT2D eigenvalue weighted by atomic mass is 10.2. The van der Waals surface area contributed by atoms with Crippen molar-refractivity contribution in [3.63, 3.8) is 0 Å². The van der Waals surface area contributed by atoms with Crippen LogP contribution in [0.5, 0.6) is 0 Å². The van der Waals surface area contributed by atoms with Crippen LogP contribution in [0, 0.1) is 6.92 Å². The Morgan fingerprint density at radius 3 is 2.61 bits per heavy atom.